The largest absolute Gasteiger partial charge is 0.495 e. The quantitative estimate of drug-likeness (QED) is 0.669. The number of carbonyl (C=O) groups is 1. The Bertz CT molecular complexity index is 732. The Labute approximate surface area is 129 Å². The second-order valence-corrected chi connectivity index (χ2v) is 5.27. The number of rotatable bonds is 5. The molecule has 0 fully saturated rings. The van der Waals surface area contributed by atoms with Crippen LogP contribution in [0.3, 0.4) is 0 Å². The number of carboxylic acid groups (broad SMARTS) is 1. The molecule has 0 unspecified atom stereocenters. The van der Waals surface area contributed by atoms with Crippen LogP contribution in [0.4, 0.5) is 0 Å². The lowest BCUT2D eigenvalue weighted by Crippen LogP contribution is -2.13. The van der Waals surface area contributed by atoms with Gasteiger partial charge in [0.2, 0.25) is 0 Å². The van der Waals surface area contributed by atoms with Crippen LogP contribution in [0.1, 0.15) is 0 Å². The van der Waals surface area contributed by atoms with E-state index in [1.807, 2.05) is 0 Å². The zero-order valence-corrected chi connectivity index (χ0v) is 12.5. The first kappa shape index (κ1) is 15.4. The van der Waals surface area contributed by atoms with E-state index in [4.69, 9.17) is 21.4 Å². The number of halogens is 1. The highest BCUT2D eigenvalue weighted by atomic mass is 35.5. The van der Waals surface area contributed by atoms with Gasteiger partial charge in [0.25, 0.3) is 5.56 Å². The SMILES string of the molecule is COc1ccc(-n2ccc(=O)nc2SCC(=O)O)cc1Cl. The normalized spacial score (nSPS) is 10.4. The zero-order chi connectivity index (χ0) is 15.4. The van der Waals surface area contributed by atoms with E-state index in [0.717, 1.165) is 11.8 Å². The predicted molar refractivity (Wildman–Crippen MR) is 79.8 cm³/mol. The van der Waals surface area contributed by atoms with Crippen LogP contribution in [0.25, 0.3) is 5.69 Å². The molecule has 0 atom stereocenters. The van der Waals surface area contributed by atoms with Crippen molar-refractivity contribution < 1.29 is 14.6 Å². The number of methoxy groups -OCH3 is 1. The van der Waals surface area contributed by atoms with Gasteiger partial charge < -0.3 is 9.84 Å². The average Bonchev–Trinajstić information content (AvgIpc) is 2.45. The fourth-order valence-electron chi connectivity index (χ4n) is 1.62. The molecule has 2 rings (SSSR count). The van der Waals surface area contributed by atoms with E-state index >= 15 is 0 Å². The van der Waals surface area contributed by atoms with Gasteiger partial charge in [-0.2, -0.15) is 4.98 Å². The van der Waals surface area contributed by atoms with Gasteiger partial charge in [-0.05, 0) is 18.2 Å². The van der Waals surface area contributed by atoms with Crippen molar-refractivity contribution in [3.63, 3.8) is 0 Å². The summed E-state index contributed by atoms with van der Waals surface area (Å²) in [6.45, 7) is 0. The standard InChI is InChI=1S/C13H11ClN2O4S/c1-20-10-3-2-8(6-9(10)14)16-5-4-11(17)15-13(16)21-7-12(18)19/h2-6H,7H2,1H3,(H,18,19). The fraction of sp³-hybridized carbons (Fsp3) is 0.154. The Morgan fingerprint density at radius 2 is 2.24 bits per heavy atom. The number of carboxylic acids is 1. The molecule has 0 aliphatic carbocycles. The molecule has 110 valence electrons. The Morgan fingerprint density at radius 3 is 2.86 bits per heavy atom. The van der Waals surface area contributed by atoms with Crippen molar-refractivity contribution in [2.45, 2.75) is 5.16 Å². The first-order chi connectivity index (χ1) is 10.0. The molecule has 0 saturated carbocycles. The third-order valence-corrected chi connectivity index (χ3v) is 3.75. The molecule has 0 bridgehead atoms. The molecule has 0 radical (unpaired) electrons. The number of nitrogens with zero attached hydrogens (tertiary/aromatic N) is 2. The summed E-state index contributed by atoms with van der Waals surface area (Å²) < 4.78 is 6.67. The Hall–Kier alpha value is -1.99. The number of hydrogen-bond acceptors (Lipinski definition) is 5. The maximum atomic E-state index is 11.4. The van der Waals surface area contributed by atoms with Crippen LogP contribution in [0.2, 0.25) is 5.02 Å². The molecule has 1 heterocycles. The second kappa shape index (κ2) is 6.64. The molecule has 0 aliphatic rings. The summed E-state index contributed by atoms with van der Waals surface area (Å²) in [5.41, 5.74) is 0.222. The van der Waals surface area contributed by atoms with Crippen molar-refractivity contribution >= 4 is 29.3 Å². The highest BCUT2D eigenvalue weighted by Crippen LogP contribution is 2.28. The minimum Gasteiger partial charge on any atom is -0.495 e. The van der Waals surface area contributed by atoms with Gasteiger partial charge in [0, 0.05) is 18.0 Å². The molecule has 0 saturated heterocycles. The van der Waals surface area contributed by atoms with E-state index in [-0.39, 0.29) is 10.9 Å². The number of hydrogen-bond donors (Lipinski definition) is 1. The molecule has 21 heavy (non-hydrogen) atoms. The highest BCUT2D eigenvalue weighted by Gasteiger charge is 2.10. The Morgan fingerprint density at radius 1 is 1.48 bits per heavy atom. The summed E-state index contributed by atoms with van der Waals surface area (Å²) >= 11 is 7.03. The van der Waals surface area contributed by atoms with Gasteiger partial charge in [0.05, 0.1) is 17.9 Å². The number of thioether (sulfide) groups is 1. The summed E-state index contributed by atoms with van der Waals surface area (Å²) in [7, 11) is 1.51. The van der Waals surface area contributed by atoms with E-state index < -0.39 is 11.5 Å². The lowest BCUT2D eigenvalue weighted by atomic mass is 10.3. The lowest BCUT2D eigenvalue weighted by molar-refractivity contribution is -0.133. The number of aromatic nitrogens is 2. The monoisotopic (exact) mass is 326 g/mol. The molecule has 1 aromatic carbocycles. The Kier molecular flexibility index (Phi) is 4.87. The van der Waals surface area contributed by atoms with Gasteiger partial charge in [0.1, 0.15) is 5.75 Å². The highest BCUT2D eigenvalue weighted by molar-refractivity contribution is 7.99. The van der Waals surface area contributed by atoms with Crippen molar-refractivity contribution in [2.24, 2.45) is 0 Å². The smallest absolute Gasteiger partial charge is 0.313 e. The number of benzene rings is 1. The first-order valence-electron chi connectivity index (χ1n) is 5.79. The maximum absolute atomic E-state index is 11.4. The van der Waals surface area contributed by atoms with Crippen molar-refractivity contribution in [3.05, 3.63) is 45.8 Å². The van der Waals surface area contributed by atoms with E-state index in [1.165, 1.54) is 19.4 Å². The van der Waals surface area contributed by atoms with Gasteiger partial charge in [-0.15, -0.1) is 0 Å². The van der Waals surface area contributed by atoms with E-state index in [2.05, 4.69) is 4.98 Å². The van der Waals surface area contributed by atoms with Crippen molar-refractivity contribution in [1.82, 2.24) is 9.55 Å². The van der Waals surface area contributed by atoms with Crippen molar-refractivity contribution in [3.8, 4) is 11.4 Å². The van der Waals surface area contributed by atoms with Crippen LogP contribution in [0, 0.1) is 0 Å². The van der Waals surface area contributed by atoms with Crippen molar-refractivity contribution in [1.29, 1.82) is 0 Å². The molecule has 0 amide bonds. The predicted octanol–water partition coefficient (Wildman–Crippen LogP) is 2.07. The van der Waals surface area contributed by atoms with Gasteiger partial charge in [0.15, 0.2) is 5.16 Å². The summed E-state index contributed by atoms with van der Waals surface area (Å²) in [5, 5.41) is 9.43. The summed E-state index contributed by atoms with van der Waals surface area (Å²) in [5.74, 6) is -0.660. The third-order valence-electron chi connectivity index (χ3n) is 2.52. The molecule has 0 aliphatic heterocycles. The molecule has 6 nitrogen and oxygen atoms in total. The summed E-state index contributed by atoms with van der Waals surface area (Å²) in [6.07, 6.45) is 1.53. The second-order valence-electron chi connectivity index (χ2n) is 3.92. The molecule has 1 N–H and O–H groups in total. The minimum absolute atomic E-state index is 0.194. The van der Waals surface area contributed by atoms with Gasteiger partial charge in [-0.3, -0.25) is 14.2 Å². The van der Waals surface area contributed by atoms with Gasteiger partial charge >= 0.3 is 5.97 Å². The van der Waals surface area contributed by atoms with Crippen LogP contribution in [0.5, 0.6) is 5.75 Å². The first-order valence-corrected chi connectivity index (χ1v) is 7.16. The molecular weight excluding hydrogens is 316 g/mol. The molecule has 1 aromatic heterocycles. The molecular formula is C13H11ClN2O4S. The Balaban J connectivity index is 2.45. The zero-order valence-electron chi connectivity index (χ0n) is 10.9. The van der Waals surface area contributed by atoms with Crippen molar-refractivity contribution in [2.75, 3.05) is 12.9 Å². The minimum atomic E-state index is -0.989. The lowest BCUT2D eigenvalue weighted by Gasteiger charge is -2.12. The third kappa shape index (κ3) is 3.77. The summed E-state index contributed by atoms with van der Waals surface area (Å²) in [4.78, 5) is 25.9. The molecule has 8 heteroatoms. The number of ether oxygens (including phenoxy) is 1. The number of aliphatic carboxylic acids is 1. The van der Waals surface area contributed by atoms with E-state index in [0.29, 0.717) is 16.5 Å². The van der Waals surface area contributed by atoms with E-state index in [9.17, 15) is 9.59 Å². The van der Waals surface area contributed by atoms with Crippen LogP contribution in [-0.4, -0.2) is 33.5 Å². The van der Waals surface area contributed by atoms with Crippen LogP contribution >= 0.6 is 23.4 Å². The van der Waals surface area contributed by atoms with Crippen LogP contribution in [0.15, 0.2) is 40.4 Å². The van der Waals surface area contributed by atoms with Gasteiger partial charge in [-0.1, -0.05) is 23.4 Å². The topological polar surface area (TPSA) is 81.4 Å². The van der Waals surface area contributed by atoms with Crippen LogP contribution in [-0.2, 0) is 4.79 Å². The summed E-state index contributed by atoms with van der Waals surface area (Å²) in [6, 6.07) is 6.36. The average molecular weight is 327 g/mol. The fourth-order valence-corrected chi connectivity index (χ4v) is 2.58. The maximum Gasteiger partial charge on any atom is 0.313 e. The van der Waals surface area contributed by atoms with Gasteiger partial charge in [-0.25, -0.2) is 0 Å². The van der Waals surface area contributed by atoms with Crippen LogP contribution < -0.4 is 10.3 Å². The van der Waals surface area contributed by atoms with E-state index in [1.54, 1.807) is 22.8 Å². The molecule has 0 spiro atoms. The molecule has 2 aromatic rings.